The van der Waals surface area contributed by atoms with Crippen LogP contribution in [0, 0.1) is 11.6 Å². The van der Waals surface area contributed by atoms with E-state index >= 15 is 4.39 Å². The first-order chi connectivity index (χ1) is 26.1. The van der Waals surface area contributed by atoms with Gasteiger partial charge in [-0.3, -0.25) is 0 Å². The van der Waals surface area contributed by atoms with Crippen LogP contribution in [0.15, 0.2) is 121 Å². The molecule has 5 unspecified atom stereocenters. The summed E-state index contributed by atoms with van der Waals surface area (Å²) in [6.07, 6.45) is -3.03. The van der Waals surface area contributed by atoms with Crippen LogP contribution in [0.2, 0.25) is 24.7 Å². The van der Waals surface area contributed by atoms with Crippen molar-refractivity contribution in [2.24, 2.45) is 0 Å². The predicted molar refractivity (Wildman–Crippen MR) is 209 cm³/mol. The van der Waals surface area contributed by atoms with Gasteiger partial charge in [0.25, 0.3) is 0 Å². The Kier molecular flexibility index (Phi) is 13.7. The van der Waals surface area contributed by atoms with Crippen molar-refractivity contribution >= 4 is 19.9 Å². The molecule has 0 saturated carbocycles. The first kappa shape index (κ1) is 39.8. The molecule has 1 aliphatic rings. The van der Waals surface area contributed by atoms with Gasteiger partial charge in [0.15, 0.2) is 19.9 Å². The molecule has 284 valence electrons. The molecule has 0 aromatic heterocycles. The maximum absolute atomic E-state index is 15.2. The minimum atomic E-state index is -2.01. The normalized spacial score (nSPS) is 20.2. The zero-order valence-corrected chi connectivity index (χ0v) is 32.8. The van der Waals surface area contributed by atoms with E-state index in [9.17, 15) is 4.39 Å². The highest BCUT2D eigenvalue weighted by molar-refractivity contribution is 6.69. The van der Waals surface area contributed by atoms with Crippen LogP contribution < -0.4 is 4.74 Å². The van der Waals surface area contributed by atoms with E-state index in [4.69, 9.17) is 39.7 Å². The van der Waals surface area contributed by atoms with Gasteiger partial charge in [0.1, 0.15) is 30.5 Å². The summed E-state index contributed by atoms with van der Waals surface area (Å²) in [6, 6.07) is 38.3. The molecule has 1 saturated heterocycles. The lowest BCUT2D eigenvalue weighted by molar-refractivity contribution is -0.271. The van der Waals surface area contributed by atoms with Crippen molar-refractivity contribution in [2.45, 2.75) is 76.4 Å². The van der Waals surface area contributed by atoms with E-state index in [1.54, 1.807) is 6.07 Å². The summed E-state index contributed by atoms with van der Waals surface area (Å²) >= 11 is 6.74. The second kappa shape index (κ2) is 18.6. The average Bonchev–Trinajstić information content (AvgIpc) is 3.18. The van der Waals surface area contributed by atoms with Crippen LogP contribution in [0.5, 0.6) is 5.75 Å². The molecular weight excluding hydrogens is 726 g/mol. The highest BCUT2D eigenvalue weighted by Crippen LogP contribution is 2.40. The maximum atomic E-state index is 15.2. The Morgan fingerprint density at radius 2 is 1.17 bits per heavy atom. The third kappa shape index (κ3) is 10.4. The molecule has 6 rings (SSSR count). The Morgan fingerprint density at radius 3 is 1.70 bits per heavy atom. The van der Waals surface area contributed by atoms with Crippen LogP contribution in [0.25, 0.3) is 0 Å². The van der Waals surface area contributed by atoms with E-state index in [-0.39, 0.29) is 30.9 Å². The summed E-state index contributed by atoms with van der Waals surface area (Å²) in [7, 11) is -0.705. The first-order valence-electron chi connectivity index (χ1n) is 18.1. The molecule has 0 aliphatic carbocycles. The lowest BCUT2D eigenvalue weighted by Gasteiger charge is -2.47. The van der Waals surface area contributed by atoms with E-state index in [0.29, 0.717) is 23.8 Å². The number of halogens is 3. The fourth-order valence-corrected chi connectivity index (χ4v) is 7.35. The number of benzene rings is 5. The second-order valence-corrected chi connectivity index (χ2v) is 19.3. The van der Waals surface area contributed by atoms with Gasteiger partial charge in [-0.15, -0.1) is 0 Å². The number of hydrogen-bond donors (Lipinski definition) is 0. The Labute approximate surface area is 323 Å². The van der Waals surface area contributed by atoms with E-state index in [0.717, 1.165) is 22.3 Å². The summed E-state index contributed by atoms with van der Waals surface area (Å²) in [5, 5.41) is 0.409. The van der Waals surface area contributed by atoms with Gasteiger partial charge < -0.3 is 28.1 Å². The Morgan fingerprint density at radius 1 is 0.630 bits per heavy atom. The molecule has 5 atom stereocenters. The third-order valence-corrected chi connectivity index (χ3v) is 10.7. The smallest absolute Gasteiger partial charge is 0.200 e. The number of rotatable bonds is 16. The molecule has 1 aliphatic heterocycles. The van der Waals surface area contributed by atoms with Gasteiger partial charge in [-0.05, 0) is 65.2 Å². The van der Waals surface area contributed by atoms with Crippen molar-refractivity contribution in [3.05, 3.63) is 171 Å². The minimum absolute atomic E-state index is 0.0423. The molecule has 5 aromatic carbocycles. The van der Waals surface area contributed by atoms with E-state index < -0.39 is 50.5 Å². The van der Waals surface area contributed by atoms with Gasteiger partial charge in [0, 0.05) is 11.4 Å². The lowest BCUT2D eigenvalue weighted by atomic mass is 9.89. The average molecular weight is 773 g/mol. The van der Waals surface area contributed by atoms with Crippen molar-refractivity contribution < 1.29 is 36.9 Å². The highest BCUT2D eigenvalue weighted by Gasteiger charge is 2.49. The quantitative estimate of drug-likeness (QED) is 0.0931. The fourth-order valence-electron chi connectivity index (χ4n) is 6.50. The van der Waals surface area contributed by atoms with Crippen molar-refractivity contribution in [1.82, 2.24) is 0 Å². The summed E-state index contributed by atoms with van der Waals surface area (Å²) in [5.74, 6) is -2.19. The van der Waals surface area contributed by atoms with Crippen LogP contribution in [0.4, 0.5) is 8.78 Å². The molecule has 1 heterocycles. The molecule has 6 nitrogen and oxygen atoms in total. The molecule has 0 amide bonds. The molecule has 10 heteroatoms. The monoisotopic (exact) mass is 772 g/mol. The van der Waals surface area contributed by atoms with Crippen LogP contribution in [-0.4, -0.2) is 46.4 Å². The Balaban J connectivity index is 1.41. The van der Waals surface area contributed by atoms with Crippen molar-refractivity contribution in [1.29, 1.82) is 0 Å². The molecule has 0 radical (unpaired) electrons. The van der Waals surface area contributed by atoms with E-state index in [1.165, 1.54) is 19.2 Å². The fraction of sp³-hybridized carbons (Fsp3) is 0.318. The molecule has 0 N–H and O–H groups in total. The standard InChI is InChI=1S/C44H47ClF2O6Si/c1-48-37-23-21-33(39(46)40(37)47)24-35-25-34(20-22-36(35)45)41-43(50-27-31-16-10-6-11-17-31)44(51-28-32-18-12-7-13-19-32)42(38(53-41)29-52-54(2,3)4)49-26-30-14-8-5-9-15-30/h5-23,25,38,41-44H,24,26-29H2,1-4H3. The van der Waals surface area contributed by atoms with Gasteiger partial charge in [0.05, 0.1) is 33.5 Å². The second-order valence-electron chi connectivity index (χ2n) is 14.4. The van der Waals surface area contributed by atoms with Crippen molar-refractivity contribution in [3.63, 3.8) is 0 Å². The third-order valence-electron chi connectivity index (χ3n) is 9.30. The highest BCUT2D eigenvalue weighted by atomic mass is 35.5. The van der Waals surface area contributed by atoms with Crippen LogP contribution in [0.3, 0.4) is 0 Å². The number of ether oxygens (including phenoxy) is 5. The van der Waals surface area contributed by atoms with Gasteiger partial charge in [-0.25, -0.2) is 4.39 Å². The van der Waals surface area contributed by atoms with Crippen molar-refractivity contribution in [3.8, 4) is 5.75 Å². The number of hydrogen-bond acceptors (Lipinski definition) is 6. The first-order valence-corrected chi connectivity index (χ1v) is 21.9. The van der Waals surface area contributed by atoms with Gasteiger partial charge in [-0.2, -0.15) is 4.39 Å². The number of methoxy groups -OCH3 is 1. The zero-order valence-electron chi connectivity index (χ0n) is 31.1. The maximum Gasteiger partial charge on any atom is 0.200 e. The molecule has 54 heavy (non-hydrogen) atoms. The van der Waals surface area contributed by atoms with Crippen LogP contribution in [-0.2, 0) is 49.6 Å². The lowest BCUT2D eigenvalue weighted by Crippen LogP contribution is -2.58. The summed E-state index contributed by atoms with van der Waals surface area (Å²) in [4.78, 5) is 0. The van der Waals surface area contributed by atoms with E-state index in [1.807, 2.05) is 103 Å². The Hall–Kier alpha value is -3.93. The SMILES string of the molecule is COc1ccc(Cc2cc(C3OC(CO[Si](C)(C)C)C(OCc4ccccc4)C(OCc4ccccc4)C3OCc3ccccc3)ccc2Cl)c(F)c1F. The minimum Gasteiger partial charge on any atom is -0.494 e. The van der Waals surface area contributed by atoms with Crippen LogP contribution >= 0.6 is 11.6 Å². The largest absolute Gasteiger partial charge is 0.494 e. The summed E-state index contributed by atoms with van der Waals surface area (Å²) < 4.78 is 69.0. The van der Waals surface area contributed by atoms with Gasteiger partial charge in [-0.1, -0.05) is 121 Å². The van der Waals surface area contributed by atoms with Crippen LogP contribution in [0.1, 0.15) is 39.5 Å². The molecule has 5 aromatic rings. The molecule has 0 bridgehead atoms. The predicted octanol–water partition coefficient (Wildman–Crippen LogP) is 10.3. The van der Waals surface area contributed by atoms with Crippen molar-refractivity contribution in [2.75, 3.05) is 13.7 Å². The molecule has 0 spiro atoms. The topological polar surface area (TPSA) is 55.4 Å². The molecular formula is C44H47ClF2O6Si. The van der Waals surface area contributed by atoms with E-state index in [2.05, 4.69) is 19.6 Å². The molecule has 1 fully saturated rings. The summed E-state index contributed by atoms with van der Waals surface area (Å²) in [5.41, 5.74) is 4.49. The van der Waals surface area contributed by atoms with Gasteiger partial charge >= 0.3 is 0 Å². The van der Waals surface area contributed by atoms with Gasteiger partial charge in [0.2, 0.25) is 5.82 Å². The zero-order chi connectivity index (χ0) is 38.1. The summed E-state index contributed by atoms with van der Waals surface area (Å²) in [6.45, 7) is 7.60. The Bertz CT molecular complexity index is 1930.